The van der Waals surface area contributed by atoms with E-state index < -0.39 is 54.7 Å². The van der Waals surface area contributed by atoms with Crippen LogP contribution in [0.3, 0.4) is 0 Å². The predicted molar refractivity (Wildman–Crippen MR) is 261 cm³/mol. The molecule has 3 aliphatic heterocycles. The van der Waals surface area contributed by atoms with E-state index in [0.29, 0.717) is 41.5 Å². The Morgan fingerprint density at radius 3 is 2.28 bits per heavy atom. The molecule has 12 nitrogen and oxygen atoms in total. The third-order valence-electron chi connectivity index (χ3n) is 14.8. The quantitative estimate of drug-likeness (QED) is 0.0361. The molecule has 9 rings (SSSR count). The molecule has 5 atom stereocenters. The van der Waals surface area contributed by atoms with Gasteiger partial charge in [0.15, 0.2) is 12.2 Å². The maximum Gasteiger partial charge on any atom is 0.340 e. The summed E-state index contributed by atoms with van der Waals surface area (Å²) in [6, 6.07) is 30.6. The lowest BCUT2D eigenvalue weighted by Crippen LogP contribution is -2.58. The Bertz CT molecular complexity index is 2650. The van der Waals surface area contributed by atoms with Crippen LogP contribution in [0, 0.1) is 11.8 Å². The van der Waals surface area contributed by atoms with Crippen molar-refractivity contribution in [3.63, 3.8) is 0 Å². The van der Waals surface area contributed by atoms with Crippen LogP contribution in [0.5, 0.6) is 5.75 Å². The van der Waals surface area contributed by atoms with Gasteiger partial charge in [0.1, 0.15) is 23.7 Å². The number of aliphatic hydroxyl groups is 4. The first-order valence-corrected chi connectivity index (χ1v) is 24.6. The molecule has 69 heavy (non-hydrogen) atoms. The molecule has 4 aliphatic rings. The number of ether oxygens (including phenoxy) is 4. The van der Waals surface area contributed by atoms with Crippen molar-refractivity contribution in [2.24, 2.45) is 11.8 Å². The van der Waals surface area contributed by atoms with Crippen molar-refractivity contribution in [1.82, 2.24) is 0 Å². The lowest BCUT2D eigenvalue weighted by molar-refractivity contribution is -0.201. The normalized spacial score (nSPS) is 22.6. The van der Waals surface area contributed by atoms with Gasteiger partial charge in [-0.2, -0.15) is 0 Å². The van der Waals surface area contributed by atoms with Crippen molar-refractivity contribution >= 4 is 22.9 Å². The molecular formula is C57H66O12. The fraction of sp³-hybridized carbons (Fsp3) is 0.456. The Labute approximate surface area is 403 Å². The molecule has 12 heteroatoms. The largest absolute Gasteiger partial charge is 0.483 e. The van der Waals surface area contributed by atoms with Gasteiger partial charge in [0.05, 0.1) is 25.4 Å². The lowest BCUT2D eigenvalue weighted by Gasteiger charge is -2.50. The zero-order valence-electron chi connectivity index (χ0n) is 39.8. The zero-order valence-corrected chi connectivity index (χ0v) is 39.8. The van der Waals surface area contributed by atoms with E-state index in [1.807, 2.05) is 25.1 Å². The number of hydrogen-bond donors (Lipinski definition) is 4. The van der Waals surface area contributed by atoms with Crippen LogP contribution in [-0.4, -0.2) is 70.7 Å². The van der Waals surface area contributed by atoms with Crippen LogP contribution in [0.15, 0.2) is 111 Å². The predicted octanol–water partition coefficient (Wildman–Crippen LogP) is 8.67. The van der Waals surface area contributed by atoms with Gasteiger partial charge < -0.3 is 43.8 Å². The smallest absolute Gasteiger partial charge is 0.340 e. The highest BCUT2D eigenvalue weighted by Gasteiger charge is 2.56. The molecule has 4 aromatic carbocycles. The minimum absolute atomic E-state index is 0.00357. The molecule has 5 unspecified atom stereocenters. The topological polar surface area (TPSA) is 182 Å². The molecule has 5 aromatic rings. The van der Waals surface area contributed by atoms with Crippen LogP contribution < -0.4 is 10.4 Å². The third-order valence-corrected chi connectivity index (χ3v) is 14.8. The van der Waals surface area contributed by atoms with Crippen molar-refractivity contribution in [2.45, 2.75) is 128 Å². The van der Waals surface area contributed by atoms with Gasteiger partial charge in [-0.15, -0.1) is 0 Å². The van der Waals surface area contributed by atoms with Gasteiger partial charge in [0.2, 0.25) is 0 Å². The molecule has 1 saturated carbocycles. The molecule has 1 aliphatic carbocycles. The summed E-state index contributed by atoms with van der Waals surface area (Å²) in [5.74, 6) is -1.92. The molecule has 0 saturated heterocycles. The summed E-state index contributed by atoms with van der Waals surface area (Å²) in [5.41, 5.74) is 4.91. The van der Waals surface area contributed by atoms with E-state index in [4.69, 9.17) is 23.4 Å². The van der Waals surface area contributed by atoms with E-state index in [1.54, 1.807) is 19.1 Å². The molecule has 1 aromatic heterocycles. The van der Waals surface area contributed by atoms with Gasteiger partial charge in [-0.25, -0.2) is 9.59 Å². The Kier molecular flexibility index (Phi) is 16.5. The molecule has 2 bridgehead atoms. The van der Waals surface area contributed by atoms with Crippen molar-refractivity contribution in [1.29, 1.82) is 0 Å². The Hall–Kier alpha value is -5.63. The molecule has 0 amide bonds. The minimum atomic E-state index is -1.33. The van der Waals surface area contributed by atoms with E-state index >= 15 is 0 Å². The Balaban J connectivity index is 1.24. The zero-order chi connectivity index (χ0) is 48.5. The monoisotopic (exact) mass is 942 g/mol. The minimum Gasteiger partial charge on any atom is -0.483 e. The van der Waals surface area contributed by atoms with E-state index in [2.05, 4.69) is 60.7 Å². The van der Waals surface area contributed by atoms with Crippen LogP contribution in [0.4, 0.5) is 0 Å². The van der Waals surface area contributed by atoms with Crippen LogP contribution in [-0.2, 0) is 56.1 Å². The van der Waals surface area contributed by atoms with Crippen molar-refractivity contribution in [3.8, 4) is 5.75 Å². The summed E-state index contributed by atoms with van der Waals surface area (Å²) in [4.78, 5) is 44.1. The SMILES string of the molecule is CC(CO)=C1CCc2ccc(cc2)CC(CCc2cccc(Cc3ccccc3)c2)CC(=O)OC2c3c(ccc4c(CO)c(C(CCO)COCO)c(=O)oc34)OC(C)(C3CCCCC3)C2OC1=O. The van der Waals surface area contributed by atoms with Gasteiger partial charge in [0.25, 0.3) is 0 Å². The van der Waals surface area contributed by atoms with Gasteiger partial charge in [-0.1, -0.05) is 98.1 Å². The van der Waals surface area contributed by atoms with Gasteiger partial charge in [-0.05, 0) is 129 Å². The summed E-state index contributed by atoms with van der Waals surface area (Å²) in [5, 5.41) is 41.2. The van der Waals surface area contributed by atoms with Crippen molar-refractivity contribution < 1.29 is 53.4 Å². The van der Waals surface area contributed by atoms with Crippen LogP contribution >= 0.6 is 0 Å². The first-order chi connectivity index (χ1) is 33.5. The molecule has 0 radical (unpaired) electrons. The fourth-order valence-corrected chi connectivity index (χ4v) is 11.0. The number of aryl methyl sites for hydroxylation is 2. The molecule has 4 N–H and O–H groups in total. The number of hydrogen-bond acceptors (Lipinski definition) is 12. The standard InChI is InChI=1S/C57H66O12/c1-36(32-59)45-23-22-37-16-18-40(19-17-37)30-42(21-20-39-12-9-13-41(29-39)28-38-10-5-3-6-11-38)31-49(62)66-53-51-48(69-57(2,54(53)68-55(45)63)44-14-7-4-8-15-44)25-24-46-47(33-60)50(56(64)67-52(46)51)43(26-27-58)34-65-35-61/h3,5-6,9-13,16-19,24-25,29,42-44,53-54,58-61H,4,7-8,14-15,20-23,26-28,30-35H2,1-2H3. The molecular weight excluding hydrogens is 877 g/mol. The van der Waals surface area contributed by atoms with Gasteiger partial charge in [0, 0.05) is 41.4 Å². The summed E-state index contributed by atoms with van der Waals surface area (Å²) >= 11 is 0. The van der Waals surface area contributed by atoms with E-state index in [1.165, 1.54) is 16.7 Å². The van der Waals surface area contributed by atoms with Crippen LogP contribution in [0.1, 0.15) is 128 Å². The third kappa shape index (κ3) is 11.4. The first-order valence-electron chi connectivity index (χ1n) is 24.6. The second-order valence-electron chi connectivity index (χ2n) is 19.4. The van der Waals surface area contributed by atoms with Crippen molar-refractivity contribution in [2.75, 3.05) is 26.6 Å². The Morgan fingerprint density at radius 2 is 1.55 bits per heavy atom. The number of esters is 2. The van der Waals surface area contributed by atoms with Crippen LogP contribution in [0.2, 0.25) is 0 Å². The van der Waals surface area contributed by atoms with E-state index in [-0.39, 0.29) is 73.2 Å². The summed E-state index contributed by atoms with van der Waals surface area (Å²) in [6.45, 7) is 1.61. The highest BCUT2D eigenvalue weighted by molar-refractivity contribution is 5.90. The average molecular weight is 943 g/mol. The van der Waals surface area contributed by atoms with E-state index in [0.717, 1.165) is 56.1 Å². The number of aliphatic hydroxyl groups excluding tert-OH is 4. The maximum atomic E-state index is 15.0. The van der Waals surface area contributed by atoms with E-state index in [9.17, 15) is 34.8 Å². The number of benzene rings is 4. The molecule has 1 fully saturated rings. The summed E-state index contributed by atoms with van der Waals surface area (Å²) < 4.78 is 32.0. The highest BCUT2D eigenvalue weighted by atomic mass is 16.6. The number of carbonyl (C=O) groups is 2. The number of fused-ring (bicyclic) bond motifs is 13. The molecule has 0 spiro atoms. The summed E-state index contributed by atoms with van der Waals surface area (Å²) in [7, 11) is 0. The fourth-order valence-electron chi connectivity index (χ4n) is 11.0. The summed E-state index contributed by atoms with van der Waals surface area (Å²) in [6.07, 6.45) is 5.58. The number of rotatable bonds is 14. The van der Waals surface area contributed by atoms with Gasteiger partial charge >= 0.3 is 17.6 Å². The lowest BCUT2D eigenvalue weighted by atomic mass is 9.71. The first kappa shape index (κ1) is 49.8. The second kappa shape index (κ2) is 22.9. The maximum absolute atomic E-state index is 15.0. The second-order valence-corrected chi connectivity index (χ2v) is 19.4. The average Bonchev–Trinajstić information content (AvgIpc) is 3.36. The van der Waals surface area contributed by atoms with Gasteiger partial charge in [-0.3, -0.25) is 4.79 Å². The molecule has 366 valence electrons. The molecule has 4 heterocycles. The highest BCUT2D eigenvalue weighted by Crippen LogP contribution is 2.52. The van der Waals surface area contributed by atoms with Crippen LogP contribution in [0.25, 0.3) is 11.0 Å². The van der Waals surface area contributed by atoms with Crippen molar-refractivity contribution in [3.05, 3.63) is 157 Å². The number of carbonyl (C=O) groups excluding carboxylic acids is 2. The Morgan fingerprint density at radius 1 is 0.812 bits per heavy atom.